The molecule has 0 bridgehead atoms. The summed E-state index contributed by atoms with van der Waals surface area (Å²) in [5, 5.41) is 0. The molecule has 3 rings (SSSR count). The molecule has 0 aliphatic rings. The summed E-state index contributed by atoms with van der Waals surface area (Å²) in [5.41, 5.74) is 8.81. The third-order valence-electron chi connectivity index (χ3n) is 2.64. The van der Waals surface area contributed by atoms with Gasteiger partial charge < -0.3 is 14.6 Å². The molecule has 5 heteroatoms. The summed E-state index contributed by atoms with van der Waals surface area (Å²) in [7, 11) is 0. The minimum atomic E-state index is 0.189. The van der Waals surface area contributed by atoms with Crippen molar-refractivity contribution in [3.8, 4) is 11.3 Å². The van der Waals surface area contributed by atoms with E-state index in [2.05, 4.69) is 9.97 Å². The average Bonchev–Trinajstić information content (AvgIpc) is 2.93. The Kier molecular flexibility index (Phi) is 2.11. The highest BCUT2D eigenvalue weighted by Crippen LogP contribution is 2.28. The summed E-state index contributed by atoms with van der Waals surface area (Å²) in [6.07, 6.45) is 2.17. The van der Waals surface area contributed by atoms with E-state index in [4.69, 9.17) is 14.6 Å². The van der Waals surface area contributed by atoms with E-state index in [-0.39, 0.29) is 6.01 Å². The first kappa shape index (κ1) is 9.89. The lowest BCUT2D eigenvalue weighted by Gasteiger charge is -1.98. The molecule has 0 radical (unpaired) electrons. The van der Waals surface area contributed by atoms with Crippen molar-refractivity contribution in [1.29, 1.82) is 0 Å². The minimum absolute atomic E-state index is 0.189. The van der Waals surface area contributed by atoms with E-state index >= 15 is 0 Å². The minimum Gasteiger partial charge on any atom is -0.443 e. The van der Waals surface area contributed by atoms with E-state index < -0.39 is 0 Å². The molecule has 0 spiro atoms. The van der Waals surface area contributed by atoms with Gasteiger partial charge in [-0.3, -0.25) is 0 Å². The van der Waals surface area contributed by atoms with Crippen LogP contribution in [0.5, 0.6) is 0 Å². The molecule has 0 amide bonds. The molecule has 0 aliphatic heterocycles. The largest absolute Gasteiger partial charge is 0.443 e. The maximum Gasteiger partial charge on any atom is 0.292 e. The highest BCUT2D eigenvalue weighted by molar-refractivity contribution is 5.79. The van der Waals surface area contributed by atoms with Gasteiger partial charge in [0, 0.05) is 12.0 Å². The number of hydrogen-bond acceptors (Lipinski definition) is 5. The SMILES string of the molecule is CCc1oc(N)nc1-c1ccc2ncoc2c1. The van der Waals surface area contributed by atoms with E-state index in [1.165, 1.54) is 6.39 Å². The van der Waals surface area contributed by atoms with Gasteiger partial charge in [0.1, 0.15) is 17.0 Å². The van der Waals surface area contributed by atoms with Crippen LogP contribution in [0.1, 0.15) is 12.7 Å². The van der Waals surface area contributed by atoms with Crippen molar-refractivity contribution in [1.82, 2.24) is 9.97 Å². The molecule has 2 heterocycles. The molecule has 2 aromatic heterocycles. The number of nitrogens with two attached hydrogens (primary N) is 1. The number of nitrogens with zero attached hydrogens (tertiary/aromatic N) is 2. The molecule has 2 N–H and O–H groups in total. The van der Waals surface area contributed by atoms with E-state index in [1.54, 1.807) is 0 Å². The number of anilines is 1. The maximum atomic E-state index is 5.57. The zero-order chi connectivity index (χ0) is 11.8. The quantitative estimate of drug-likeness (QED) is 0.730. The monoisotopic (exact) mass is 229 g/mol. The van der Waals surface area contributed by atoms with Crippen LogP contribution in [0.4, 0.5) is 6.01 Å². The summed E-state index contributed by atoms with van der Waals surface area (Å²) < 4.78 is 10.6. The molecule has 0 atom stereocenters. The standard InChI is InChI=1S/C12H11N3O2/c1-2-9-11(15-12(13)17-9)7-3-4-8-10(5-7)16-6-14-8/h3-6H,2H2,1H3,(H2,13,15). The molecule has 5 nitrogen and oxygen atoms in total. The zero-order valence-electron chi connectivity index (χ0n) is 9.30. The molecule has 3 aromatic rings. The number of hydrogen-bond donors (Lipinski definition) is 1. The molecular formula is C12H11N3O2. The van der Waals surface area contributed by atoms with Gasteiger partial charge in [0.05, 0.1) is 0 Å². The van der Waals surface area contributed by atoms with Crippen molar-refractivity contribution < 1.29 is 8.83 Å². The van der Waals surface area contributed by atoms with Crippen LogP contribution in [0.15, 0.2) is 33.4 Å². The van der Waals surface area contributed by atoms with Crippen molar-refractivity contribution in [2.24, 2.45) is 0 Å². The highest BCUT2D eigenvalue weighted by atomic mass is 16.4. The van der Waals surface area contributed by atoms with Crippen LogP contribution in [0, 0.1) is 0 Å². The predicted molar refractivity (Wildman–Crippen MR) is 63.3 cm³/mol. The molecule has 0 saturated heterocycles. The Hall–Kier alpha value is -2.30. The van der Waals surface area contributed by atoms with Crippen LogP contribution in [0.25, 0.3) is 22.4 Å². The lowest BCUT2D eigenvalue weighted by Crippen LogP contribution is -1.85. The van der Waals surface area contributed by atoms with E-state index in [9.17, 15) is 0 Å². The molecule has 0 saturated carbocycles. The van der Waals surface area contributed by atoms with Gasteiger partial charge in [-0.1, -0.05) is 13.0 Å². The highest BCUT2D eigenvalue weighted by Gasteiger charge is 2.13. The first-order valence-electron chi connectivity index (χ1n) is 5.36. The Labute approximate surface area is 97.3 Å². The van der Waals surface area contributed by atoms with Gasteiger partial charge >= 0.3 is 0 Å². The Bertz CT molecular complexity index is 669. The van der Waals surface area contributed by atoms with Gasteiger partial charge in [0.15, 0.2) is 12.0 Å². The fourth-order valence-electron chi connectivity index (χ4n) is 1.84. The number of aromatic nitrogens is 2. The third kappa shape index (κ3) is 1.56. The summed E-state index contributed by atoms with van der Waals surface area (Å²) >= 11 is 0. The topological polar surface area (TPSA) is 78.1 Å². The summed E-state index contributed by atoms with van der Waals surface area (Å²) in [6, 6.07) is 5.90. The third-order valence-corrected chi connectivity index (χ3v) is 2.64. The van der Waals surface area contributed by atoms with E-state index in [0.717, 1.165) is 34.5 Å². The van der Waals surface area contributed by atoms with Gasteiger partial charge in [-0.05, 0) is 12.1 Å². The van der Waals surface area contributed by atoms with E-state index in [1.807, 2.05) is 25.1 Å². The molecule has 86 valence electrons. The first-order chi connectivity index (χ1) is 8.28. The number of rotatable bonds is 2. The number of benzene rings is 1. The summed E-state index contributed by atoms with van der Waals surface area (Å²) in [5.74, 6) is 0.779. The van der Waals surface area contributed by atoms with Crippen LogP contribution >= 0.6 is 0 Å². The van der Waals surface area contributed by atoms with Crippen LogP contribution in [0.2, 0.25) is 0 Å². The Balaban J connectivity index is 2.18. The van der Waals surface area contributed by atoms with Crippen LogP contribution in [-0.2, 0) is 6.42 Å². The van der Waals surface area contributed by atoms with Gasteiger partial charge in [-0.25, -0.2) is 4.98 Å². The second-order valence-electron chi connectivity index (χ2n) is 3.71. The zero-order valence-corrected chi connectivity index (χ0v) is 9.30. The summed E-state index contributed by atoms with van der Waals surface area (Å²) in [6.45, 7) is 2.00. The van der Waals surface area contributed by atoms with Gasteiger partial charge in [0.25, 0.3) is 6.01 Å². The van der Waals surface area contributed by atoms with Crippen LogP contribution in [-0.4, -0.2) is 9.97 Å². The smallest absolute Gasteiger partial charge is 0.292 e. The number of fused-ring (bicyclic) bond motifs is 1. The van der Waals surface area contributed by atoms with E-state index in [0.29, 0.717) is 0 Å². The Morgan fingerprint density at radius 3 is 3.06 bits per heavy atom. The van der Waals surface area contributed by atoms with Crippen molar-refractivity contribution in [2.45, 2.75) is 13.3 Å². The number of nitrogen functional groups attached to an aromatic ring is 1. The average molecular weight is 229 g/mol. The second-order valence-corrected chi connectivity index (χ2v) is 3.71. The number of oxazole rings is 2. The fourth-order valence-corrected chi connectivity index (χ4v) is 1.84. The van der Waals surface area contributed by atoms with Crippen LogP contribution in [0.3, 0.4) is 0 Å². The van der Waals surface area contributed by atoms with Crippen molar-refractivity contribution in [2.75, 3.05) is 5.73 Å². The van der Waals surface area contributed by atoms with Crippen molar-refractivity contribution >= 4 is 17.1 Å². The molecule has 0 aliphatic carbocycles. The van der Waals surface area contributed by atoms with Crippen molar-refractivity contribution in [3.05, 3.63) is 30.4 Å². The fraction of sp³-hybridized carbons (Fsp3) is 0.167. The Morgan fingerprint density at radius 2 is 2.24 bits per heavy atom. The van der Waals surface area contributed by atoms with Crippen molar-refractivity contribution in [3.63, 3.8) is 0 Å². The maximum absolute atomic E-state index is 5.57. The van der Waals surface area contributed by atoms with Gasteiger partial charge in [-0.2, -0.15) is 4.98 Å². The molecule has 0 unspecified atom stereocenters. The Morgan fingerprint density at radius 1 is 1.35 bits per heavy atom. The van der Waals surface area contributed by atoms with Gasteiger partial charge in [-0.15, -0.1) is 0 Å². The summed E-state index contributed by atoms with van der Waals surface area (Å²) in [4.78, 5) is 8.26. The first-order valence-corrected chi connectivity index (χ1v) is 5.36. The normalized spacial score (nSPS) is 11.1. The lowest BCUT2D eigenvalue weighted by atomic mass is 10.1. The molecular weight excluding hydrogens is 218 g/mol. The lowest BCUT2D eigenvalue weighted by molar-refractivity contribution is 0.530. The van der Waals surface area contributed by atoms with Crippen LogP contribution < -0.4 is 5.73 Å². The number of aryl methyl sites for hydroxylation is 1. The molecule has 1 aromatic carbocycles. The molecule has 17 heavy (non-hydrogen) atoms. The second kappa shape index (κ2) is 3.62. The predicted octanol–water partition coefficient (Wildman–Crippen LogP) is 2.63. The van der Waals surface area contributed by atoms with Gasteiger partial charge in [0.2, 0.25) is 0 Å². The molecule has 0 fully saturated rings.